The maximum absolute atomic E-state index is 5.98. The van der Waals surface area contributed by atoms with Crippen molar-refractivity contribution in [3.05, 3.63) is 5.69 Å². The fraction of sp³-hybridized carbons (Fsp3) is 0.750. The molecule has 96 valence electrons. The first kappa shape index (κ1) is 12.2. The zero-order chi connectivity index (χ0) is 12.6. The van der Waals surface area contributed by atoms with Crippen LogP contribution in [0.3, 0.4) is 0 Å². The van der Waals surface area contributed by atoms with Crippen molar-refractivity contribution < 1.29 is 0 Å². The fourth-order valence-corrected chi connectivity index (χ4v) is 2.11. The number of nitrogens with two attached hydrogens (primary N) is 1. The molecule has 0 spiro atoms. The Kier molecular flexibility index (Phi) is 3.28. The Morgan fingerprint density at radius 3 is 2.71 bits per heavy atom. The summed E-state index contributed by atoms with van der Waals surface area (Å²) in [6, 6.07) is 1.30. The minimum atomic E-state index is 0.511. The lowest BCUT2D eigenvalue weighted by Gasteiger charge is -2.25. The first-order chi connectivity index (χ1) is 8.00. The van der Waals surface area contributed by atoms with Crippen LogP contribution < -0.4 is 11.1 Å². The number of nitrogens with one attached hydrogen (secondary N) is 1. The van der Waals surface area contributed by atoms with Gasteiger partial charge in [-0.05, 0) is 33.7 Å². The van der Waals surface area contributed by atoms with Gasteiger partial charge >= 0.3 is 0 Å². The van der Waals surface area contributed by atoms with Crippen LogP contribution in [0.5, 0.6) is 0 Å². The topological polar surface area (TPSA) is 59.1 Å². The molecule has 1 aliphatic carbocycles. The molecule has 1 saturated carbocycles. The molecule has 1 fully saturated rings. The van der Waals surface area contributed by atoms with Crippen molar-refractivity contribution in [3.63, 3.8) is 0 Å². The van der Waals surface area contributed by atoms with Gasteiger partial charge in [0.2, 0.25) is 0 Å². The normalized spacial score (nSPS) is 17.5. The second-order valence-electron chi connectivity index (χ2n) is 5.10. The molecule has 3 N–H and O–H groups in total. The van der Waals surface area contributed by atoms with E-state index in [4.69, 9.17) is 5.73 Å². The SMILES string of the molecule is Cc1nn(C)c(NCC(C)N(C)C2CC2)c1N. The summed E-state index contributed by atoms with van der Waals surface area (Å²) >= 11 is 0. The van der Waals surface area contributed by atoms with Gasteiger partial charge in [0, 0.05) is 25.7 Å². The van der Waals surface area contributed by atoms with Gasteiger partial charge in [0.1, 0.15) is 5.82 Å². The number of anilines is 2. The van der Waals surface area contributed by atoms with Crippen molar-refractivity contribution in [3.8, 4) is 0 Å². The molecular formula is C12H23N5. The maximum Gasteiger partial charge on any atom is 0.147 e. The standard InChI is InChI=1S/C12H23N5/c1-8(16(3)10-5-6-10)7-14-12-11(13)9(2)15-17(12)4/h8,10,14H,5-7,13H2,1-4H3. The van der Waals surface area contributed by atoms with Gasteiger partial charge in [-0.2, -0.15) is 5.10 Å². The molecule has 1 atom stereocenters. The van der Waals surface area contributed by atoms with Gasteiger partial charge in [0.15, 0.2) is 0 Å². The molecule has 0 saturated heterocycles. The predicted molar refractivity (Wildman–Crippen MR) is 71.1 cm³/mol. The molecular weight excluding hydrogens is 214 g/mol. The molecule has 1 aromatic heterocycles. The molecule has 0 bridgehead atoms. The van der Waals surface area contributed by atoms with Crippen molar-refractivity contribution in [2.24, 2.45) is 7.05 Å². The van der Waals surface area contributed by atoms with E-state index in [0.29, 0.717) is 6.04 Å². The van der Waals surface area contributed by atoms with E-state index >= 15 is 0 Å². The van der Waals surface area contributed by atoms with Crippen LogP contribution in [-0.2, 0) is 7.05 Å². The van der Waals surface area contributed by atoms with Gasteiger partial charge in [0.05, 0.1) is 11.4 Å². The average molecular weight is 237 g/mol. The minimum Gasteiger partial charge on any atom is -0.394 e. The number of hydrogen-bond donors (Lipinski definition) is 2. The fourth-order valence-electron chi connectivity index (χ4n) is 2.11. The highest BCUT2D eigenvalue weighted by atomic mass is 15.3. The molecule has 1 aliphatic rings. The Morgan fingerprint density at radius 2 is 2.24 bits per heavy atom. The number of hydrogen-bond acceptors (Lipinski definition) is 4. The molecule has 1 heterocycles. The summed E-state index contributed by atoms with van der Waals surface area (Å²) in [7, 11) is 4.11. The molecule has 0 amide bonds. The number of aromatic nitrogens is 2. The smallest absolute Gasteiger partial charge is 0.147 e. The highest BCUT2D eigenvalue weighted by Crippen LogP contribution is 2.27. The molecule has 0 aromatic carbocycles. The molecule has 17 heavy (non-hydrogen) atoms. The van der Waals surface area contributed by atoms with E-state index in [9.17, 15) is 0 Å². The molecule has 1 aromatic rings. The van der Waals surface area contributed by atoms with Crippen molar-refractivity contribution in [1.82, 2.24) is 14.7 Å². The van der Waals surface area contributed by atoms with Crippen LogP contribution in [0.1, 0.15) is 25.5 Å². The van der Waals surface area contributed by atoms with Crippen molar-refractivity contribution in [1.29, 1.82) is 0 Å². The quantitative estimate of drug-likeness (QED) is 0.808. The van der Waals surface area contributed by atoms with E-state index < -0.39 is 0 Å². The summed E-state index contributed by atoms with van der Waals surface area (Å²) in [5, 5.41) is 7.70. The number of nitrogens with zero attached hydrogens (tertiary/aromatic N) is 3. The van der Waals surface area contributed by atoms with E-state index in [2.05, 4.69) is 29.3 Å². The number of aryl methyl sites for hydroxylation is 2. The summed E-state index contributed by atoms with van der Waals surface area (Å²) in [5.74, 6) is 0.929. The number of rotatable bonds is 5. The van der Waals surface area contributed by atoms with Gasteiger partial charge in [-0.25, -0.2) is 0 Å². The van der Waals surface area contributed by atoms with E-state index in [-0.39, 0.29) is 0 Å². The molecule has 0 aliphatic heterocycles. The molecule has 0 radical (unpaired) electrons. The van der Waals surface area contributed by atoms with Crippen LogP contribution in [0.4, 0.5) is 11.5 Å². The number of nitrogen functional groups attached to an aromatic ring is 1. The molecule has 2 rings (SSSR count). The van der Waals surface area contributed by atoms with Gasteiger partial charge in [-0.15, -0.1) is 0 Å². The van der Waals surface area contributed by atoms with E-state index in [1.54, 1.807) is 0 Å². The Morgan fingerprint density at radius 1 is 1.59 bits per heavy atom. The van der Waals surface area contributed by atoms with Crippen molar-refractivity contribution in [2.75, 3.05) is 24.6 Å². The van der Waals surface area contributed by atoms with Gasteiger partial charge < -0.3 is 11.1 Å². The Hall–Kier alpha value is -1.23. The van der Waals surface area contributed by atoms with Crippen molar-refractivity contribution >= 4 is 11.5 Å². The minimum absolute atomic E-state index is 0.511. The van der Waals surface area contributed by atoms with Crippen LogP contribution in [0.15, 0.2) is 0 Å². The highest BCUT2D eigenvalue weighted by molar-refractivity contribution is 5.64. The first-order valence-electron chi connectivity index (χ1n) is 6.25. The number of likely N-dealkylation sites (N-methyl/N-ethyl adjacent to an activating group) is 1. The monoisotopic (exact) mass is 237 g/mol. The van der Waals surface area contributed by atoms with E-state index in [1.807, 2.05) is 18.7 Å². The third-order valence-electron chi connectivity index (χ3n) is 3.65. The summed E-state index contributed by atoms with van der Waals surface area (Å²) in [6.45, 7) is 5.07. The average Bonchev–Trinajstić information content (AvgIpc) is 3.07. The van der Waals surface area contributed by atoms with Crippen LogP contribution in [0.25, 0.3) is 0 Å². The van der Waals surface area contributed by atoms with Gasteiger partial charge in [0.25, 0.3) is 0 Å². The van der Waals surface area contributed by atoms with Crippen LogP contribution >= 0.6 is 0 Å². The largest absolute Gasteiger partial charge is 0.394 e. The lowest BCUT2D eigenvalue weighted by Crippen LogP contribution is -2.36. The summed E-state index contributed by atoms with van der Waals surface area (Å²) in [4.78, 5) is 2.44. The predicted octanol–water partition coefficient (Wildman–Crippen LogP) is 1.21. The van der Waals surface area contributed by atoms with E-state index in [1.165, 1.54) is 12.8 Å². The van der Waals surface area contributed by atoms with Crippen LogP contribution in [0.2, 0.25) is 0 Å². The lowest BCUT2D eigenvalue weighted by atomic mass is 10.3. The van der Waals surface area contributed by atoms with Gasteiger partial charge in [-0.1, -0.05) is 0 Å². The van der Waals surface area contributed by atoms with Crippen molar-refractivity contribution in [2.45, 2.75) is 38.8 Å². The lowest BCUT2D eigenvalue weighted by molar-refractivity contribution is 0.257. The zero-order valence-corrected chi connectivity index (χ0v) is 11.2. The third-order valence-corrected chi connectivity index (χ3v) is 3.65. The van der Waals surface area contributed by atoms with Gasteiger partial charge in [-0.3, -0.25) is 9.58 Å². The van der Waals surface area contributed by atoms with Crippen LogP contribution in [0, 0.1) is 6.92 Å². The Balaban J connectivity index is 1.92. The zero-order valence-electron chi connectivity index (χ0n) is 11.2. The highest BCUT2D eigenvalue weighted by Gasteiger charge is 2.29. The summed E-state index contributed by atoms with van der Waals surface area (Å²) in [6.07, 6.45) is 2.68. The molecule has 5 heteroatoms. The molecule has 5 nitrogen and oxygen atoms in total. The second-order valence-corrected chi connectivity index (χ2v) is 5.10. The Bertz CT molecular complexity index is 394. The molecule has 1 unspecified atom stereocenters. The van der Waals surface area contributed by atoms with Crippen LogP contribution in [-0.4, -0.2) is 40.4 Å². The summed E-state index contributed by atoms with van der Waals surface area (Å²) < 4.78 is 1.81. The second kappa shape index (κ2) is 4.56. The Labute approximate surface area is 103 Å². The first-order valence-corrected chi connectivity index (χ1v) is 6.25. The maximum atomic E-state index is 5.98. The third kappa shape index (κ3) is 2.54. The van der Waals surface area contributed by atoms with E-state index in [0.717, 1.165) is 29.8 Å². The summed E-state index contributed by atoms with van der Waals surface area (Å²) in [5.41, 5.74) is 7.62.